The Balaban J connectivity index is 1.27. The van der Waals surface area contributed by atoms with E-state index in [2.05, 4.69) is 94.4 Å². The van der Waals surface area contributed by atoms with Gasteiger partial charge in [-0.15, -0.1) is 0 Å². The maximum absolute atomic E-state index is 13.5. The normalized spacial score (nSPS) is 15.3. The Morgan fingerprint density at radius 1 is 0.697 bits per heavy atom. The third-order valence-electron chi connectivity index (χ3n) is 6.98. The van der Waals surface area contributed by atoms with Crippen molar-refractivity contribution in [1.82, 2.24) is 14.0 Å². The molecule has 5 rings (SSSR count). The van der Waals surface area contributed by atoms with E-state index in [4.69, 9.17) is 0 Å². The van der Waals surface area contributed by atoms with Crippen LogP contribution in [0.1, 0.15) is 42.9 Å². The molecule has 0 aliphatic carbocycles. The first-order valence-electron chi connectivity index (χ1n) is 12.3. The topological polar surface area (TPSA) is 30.2 Å². The van der Waals surface area contributed by atoms with Crippen LogP contribution in [0.4, 0.5) is 0 Å². The molecule has 2 heterocycles. The van der Waals surface area contributed by atoms with Gasteiger partial charge in [0, 0.05) is 32.2 Å². The monoisotopic (exact) mass is 439 g/mol. The van der Waals surface area contributed by atoms with E-state index in [1.807, 2.05) is 4.57 Å². The molecule has 4 heteroatoms. The first-order valence-corrected chi connectivity index (χ1v) is 12.3. The van der Waals surface area contributed by atoms with Gasteiger partial charge in [0.25, 0.3) is 0 Å². The number of aryl methyl sites for hydroxylation is 2. The van der Waals surface area contributed by atoms with Crippen LogP contribution < -0.4 is 5.69 Å². The minimum absolute atomic E-state index is 0.164. The number of rotatable bonds is 8. The fraction of sp³-hybridized carbons (Fsp3) is 0.345. The van der Waals surface area contributed by atoms with Crippen LogP contribution in [-0.2, 0) is 19.5 Å². The summed E-state index contributed by atoms with van der Waals surface area (Å²) in [6.45, 7) is 3.84. The predicted molar refractivity (Wildman–Crippen MR) is 136 cm³/mol. The lowest BCUT2D eigenvalue weighted by atomic mass is 10.0. The lowest BCUT2D eigenvalue weighted by molar-refractivity contribution is 0.179. The summed E-state index contributed by atoms with van der Waals surface area (Å²) in [5.74, 6) is 0. The zero-order chi connectivity index (χ0) is 22.5. The molecule has 1 aromatic heterocycles. The summed E-state index contributed by atoms with van der Waals surface area (Å²) >= 11 is 0. The van der Waals surface area contributed by atoms with Crippen LogP contribution >= 0.6 is 0 Å². The number of benzene rings is 3. The van der Waals surface area contributed by atoms with Crippen molar-refractivity contribution in [2.75, 3.05) is 13.1 Å². The van der Waals surface area contributed by atoms with Crippen molar-refractivity contribution in [3.05, 3.63) is 107 Å². The number of aromatic nitrogens is 2. The molecule has 3 aromatic carbocycles. The quantitative estimate of drug-likeness (QED) is 0.332. The minimum atomic E-state index is 0.164. The number of nitrogens with zero attached hydrogens (tertiary/aromatic N) is 3. The molecular weight excluding hydrogens is 406 g/mol. The first kappa shape index (κ1) is 21.7. The Morgan fingerprint density at radius 2 is 1.30 bits per heavy atom. The van der Waals surface area contributed by atoms with Crippen LogP contribution in [0.3, 0.4) is 0 Å². The largest absolute Gasteiger partial charge is 0.329 e. The molecule has 33 heavy (non-hydrogen) atoms. The van der Waals surface area contributed by atoms with Gasteiger partial charge in [-0.05, 0) is 55.4 Å². The number of para-hydroxylation sites is 2. The van der Waals surface area contributed by atoms with Gasteiger partial charge in [-0.1, -0.05) is 72.8 Å². The molecule has 1 aliphatic heterocycles. The molecule has 0 radical (unpaired) electrons. The summed E-state index contributed by atoms with van der Waals surface area (Å²) in [5, 5.41) is 0. The summed E-state index contributed by atoms with van der Waals surface area (Å²) in [6.07, 6.45) is 5.21. The molecular formula is C29H33N3O. The van der Waals surface area contributed by atoms with E-state index in [9.17, 15) is 4.79 Å². The Kier molecular flexibility index (Phi) is 6.73. The smallest absolute Gasteiger partial charge is 0.299 e. The number of unbranched alkanes of at least 4 members (excludes halogenated alkanes) is 1. The number of imidazole rings is 1. The summed E-state index contributed by atoms with van der Waals surface area (Å²) in [5.41, 5.74) is 5.06. The molecule has 0 atom stereocenters. The highest BCUT2D eigenvalue weighted by molar-refractivity contribution is 5.76. The van der Waals surface area contributed by atoms with Crippen LogP contribution in [0.25, 0.3) is 11.0 Å². The second-order valence-corrected chi connectivity index (χ2v) is 9.23. The summed E-state index contributed by atoms with van der Waals surface area (Å²) in [4.78, 5) is 16.1. The van der Waals surface area contributed by atoms with Gasteiger partial charge in [0.05, 0.1) is 11.0 Å². The highest BCUT2D eigenvalue weighted by Crippen LogP contribution is 2.26. The Hall–Kier alpha value is -3.11. The third kappa shape index (κ3) is 4.96. The van der Waals surface area contributed by atoms with Crippen LogP contribution in [0, 0.1) is 0 Å². The van der Waals surface area contributed by atoms with Gasteiger partial charge in [0.2, 0.25) is 0 Å². The minimum Gasteiger partial charge on any atom is -0.299 e. The van der Waals surface area contributed by atoms with Gasteiger partial charge in [-0.25, -0.2) is 4.79 Å². The van der Waals surface area contributed by atoms with Crippen LogP contribution in [0.2, 0.25) is 0 Å². The van der Waals surface area contributed by atoms with Gasteiger partial charge in [-0.3, -0.25) is 14.0 Å². The summed E-state index contributed by atoms with van der Waals surface area (Å²) < 4.78 is 4.10. The average Bonchev–Trinajstić information content (AvgIpc) is 3.15. The maximum atomic E-state index is 13.5. The van der Waals surface area contributed by atoms with E-state index in [1.54, 1.807) is 0 Å². The van der Waals surface area contributed by atoms with Gasteiger partial charge in [-0.2, -0.15) is 0 Å². The lowest BCUT2D eigenvalue weighted by Crippen LogP contribution is -2.37. The number of likely N-dealkylation sites (tertiary alicyclic amines) is 1. The predicted octanol–water partition coefficient (Wildman–Crippen LogP) is 5.66. The first-order chi connectivity index (χ1) is 16.3. The Bertz CT molecular complexity index is 1220. The van der Waals surface area contributed by atoms with E-state index < -0.39 is 0 Å². The van der Waals surface area contributed by atoms with Crippen molar-refractivity contribution in [1.29, 1.82) is 0 Å². The zero-order valence-corrected chi connectivity index (χ0v) is 19.3. The highest BCUT2D eigenvalue weighted by Gasteiger charge is 2.25. The average molecular weight is 440 g/mol. The van der Waals surface area contributed by atoms with E-state index >= 15 is 0 Å². The molecule has 0 bridgehead atoms. The molecule has 0 saturated carbocycles. The summed E-state index contributed by atoms with van der Waals surface area (Å²) in [6, 6.07) is 29.9. The molecule has 170 valence electrons. The zero-order valence-electron chi connectivity index (χ0n) is 19.3. The second-order valence-electron chi connectivity index (χ2n) is 9.23. The molecule has 4 nitrogen and oxygen atoms in total. The van der Waals surface area contributed by atoms with Crippen molar-refractivity contribution < 1.29 is 0 Å². The van der Waals surface area contributed by atoms with E-state index in [0.717, 1.165) is 69.3 Å². The second kappa shape index (κ2) is 10.2. The third-order valence-corrected chi connectivity index (χ3v) is 6.98. The molecule has 1 saturated heterocycles. The van der Waals surface area contributed by atoms with Gasteiger partial charge < -0.3 is 0 Å². The highest BCUT2D eigenvalue weighted by atomic mass is 16.1. The number of hydrogen-bond acceptors (Lipinski definition) is 2. The van der Waals surface area contributed by atoms with Crippen LogP contribution in [0.5, 0.6) is 0 Å². The SMILES string of the molecule is O=c1n(CCCCc2ccccc2)c2ccccc2n1C1CCN(Cc2ccccc2)CC1. The van der Waals surface area contributed by atoms with Gasteiger partial charge in [0.15, 0.2) is 0 Å². The van der Waals surface area contributed by atoms with E-state index in [1.165, 1.54) is 11.1 Å². The molecule has 4 aromatic rings. The molecule has 0 unspecified atom stereocenters. The molecule has 1 aliphatic rings. The van der Waals surface area contributed by atoms with Crippen molar-refractivity contribution in [2.24, 2.45) is 0 Å². The van der Waals surface area contributed by atoms with Crippen LogP contribution in [0.15, 0.2) is 89.7 Å². The standard InChI is InChI=1S/C29H33N3O/c33-29-31(20-10-9-13-24-11-3-1-4-12-24)27-16-7-8-17-28(27)32(29)26-18-21-30(22-19-26)23-25-14-5-2-6-15-25/h1-8,11-12,14-17,26H,9-10,13,18-23H2. The van der Waals surface area contributed by atoms with Crippen molar-refractivity contribution in [3.63, 3.8) is 0 Å². The van der Waals surface area contributed by atoms with Crippen molar-refractivity contribution in [3.8, 4) is 0 Å². The number of piperidine rings is 1. The Labute approximate surface area is 196 Å². The summed E-state index contributed by atoms with van der Waals surface area (Å²) in [7, 11) is 0. The molecule has 0 N–H and O–H groups in total. The van der Waals surface area contributed by atoms with Gasteiger partial charge >= 0.3 is 5.69 Å². The fourth-order valence-corrected chi connectivity index (χ4v) is 5.22. The molecule has 0 spiro atoms. The van der Waals surface area contributed by atoms with Crippen molar-refractivity contribution in [2.45, 2.75) is 51.2 Å². The van der Waals surface area contributed by atoms with Crippen LogP contribution in [-0.4, -0.2) is 27.1 Å². The van der Waals surface area contributed by atoms with E-state index in [-0.39, 0.29) is 11.7 Å². The molecule has 0 amide bonds. The Morgan fingerprint density at radius 3 is 2.00 bits per heavy atom. The van der Waals surface area contributed by atoms with E-state index in [0.29, 0.717) is 0 Å². The number of hydrogen-bond donors (Lipinski definition) is 0. The van der Waals surface area contributed by atoms with Crippen molar-refractivity contribution >= 4 is 11.0 Å². The maximum Gasteiger partial charge on any atom is 0.329 e. The van der Waals surface area contributed by atoms with Gasteiger partial charge in [0.1, 0.15) is 0 Å². The fourth-order valence-electron chi connectivity index (χ4n) is 5.22. The molecule has 1 fully saturated rings. The number of fused-ring (bicyclic) bond motifs is 1. The lowest BCUT2D eigenvalue weighted by Gasteiger charge is -2.32.